The minimum absolute atomic E-state index is 0.0742. The summed E-state index contributed by atoms with van der Waals surface area (Å²) in [4.78, 5) is 41.3. The molecular weight excluding hydrogens is 530 g/mol. The largest absolute Gasteiger partial charge is 0.480 e. The number of rotatable bonds is 10. The number of amides is 2. The molecule has 0 saturated carbocycles. The minimum atomic E-state index is -1.28. The van der Waals surface area contributed by atoms with Crippen LogP contribution >= 0.6 is 0 Å². The SMILES string of the molecule is CC(C)C[C@H](NC(=O)C1(NC(=O)OCC2c3ccccc3-c3ccccc32)CCN(Cc2ccccc2)CC1)C(=O)O. The lowest BCUT2D eigenvalue weighted by Crippen LogP contribution is -2.65. The standard InChI is InChI=1S/C34H39N3O5/c1-23(2)20-30(31(38)39)35-32(40)34(16-18-37(19-17-34)21-24-10-4-3-5-11-24)36-33(41)42-22-29-27-14-8-6-12-25(27)26-13-7-9-15-28(26)29/h3-15,23,29-30H,16-22H2,1-2H3,(H,35,40)(H,36,41)(H,38,39)/t30-/m0/s1. The fourth-order valence-electron chi connectivity index (χ4n) is 6.16. The van der Waals surface area contributed by atoms with Crippen LogP contribution < -0.4 is 10.6 Å². The monoisotopic (exact) mass is 569 g/mol. The summed E-state index contributed by atoms with van der Waals surface area (Å²) >= 11 is 0. The molecule has 3 N–H and O–H groups in total. The summed E-state index contributed by atoms with van der Waals surface area (Å²) in [6.45, 7) is 5.81. The maximum Gasteiger partial charge on any atom is 0.408 e. The number of carbonyl (C=O) groups excluding carboxylic acids is 2. The zero-order valence-corrected chi connectivity index (χ0v) is 24.2. The Morgan fingerprint density at radius 3 is 2.05 bits per heavy atom. The molecule has 5 rings (SSSR count). The van der Waals surface area contributed by atoms with Crippen molar-refractivity contribution in [3.8, 4) is 11.1 Å². The van der Waals surface area contributed by atoms with Crippen molar-refractivity contribution in [1.29, 1.82) is 0 Å². The number of hydrogen-bond acceptors (Lipinski definition) is 5. The molecule has 220 valence electrons. The quantitative estimate of drug-likeness (QED) is 0.311. The Bertz CT molecular complexity index is 1370. The fraction of sp³-hybridized carbons (Fsp3) is 0.382. The van der Waals surface area contributed by atoms with Gasteiger partial charge in [-0.2, -0.15) is 0 Å². The maximum absolute atomic E-state index is 13.7. The summed E-state index contributed by atoms with van der Waals surface area (Å²) in [5, 5.41) is 15.4. The number of hydrogen-bond donors (Lipinski definition) is 3. The summed E-state index contributed by atoms with van der Waals surface area (Å²) < 4.78 is 5.80. The van der Waals surface area contributed by atoms with E-state index in [1.54, 1.807) is 0 Å². The molecular formula is C34H39N3O5. The highest BCUT2D eigenvalue weighted by atomic mass is 16.5. The van der Waals surface area contributed by atoms with Crippen molar-refractivity contribution in [2.75, 3.05) is 19.7 Å². The van der Waals surface area contributed by atoms with E-state index in [0.29, 0.717) is 32.4 Å². The van der Waals surface area contributed by atoms with Gasteiger partial charge in [0, 0.05) is 25.6 Å². The first-order valence-corrected chi connectivity index (χ1v) is 14.7. The highest BCUT2D eigenvalue weighted by Gasteiger charge is 2.44. The Labute approximate surface area is 247 Å². The van der Waals surface area contributed by atoms with Crippen LogP contribution in [0.5, 0.6) is 0 Å². The zero-order chi connectivity index (χ0) is 29.7. The molecule has 3 aromatic carbocycles. The van der Waals surface area contributed by atoms with E-state index in [2.05, 4.69) is 51.9 Å². The van der Waals surface area contributed by atoms with E-state index in [1.807, 2.05) is 56.3 Å². The van der Waals surface area contributed by atoms with E-state index < -0.39 is 29.6 Å². The van der Waals surface area contributed by atoms with Crippen molar-refractivity contribution in [3.63, 3.8) is 0 Å². The van der Waals surface area contributed by atoms with Gasteiger partial charge in [-0.1, -0.05) is 92.7 Å². The first-order chi connectivity index (χ1) is 20.3. The molecule has 2 amide bonds. The van der Waals surface area contributed by atoms with Crippen LogP contribution in [0.2, 0.25) is 0 Å². The predicted octanol–water partition coefficient (Wildman–Crippen LogP) is 5.18. The molecule has 2 aliphatic rings. The normalized spacial score (nSPS) is 16.7. The Morgan fingerprint density at radius 2 is 1.48 bits per heavy atom. The molecule has 3 aromatic rings. The van der Waals surface area contributed by atoms with Crippen LogP contribution in [0.15, 0.2) is 78.9 Å². The molecule has 8 nitrogen and oxygen atoms in total. The van der Waals surface area contributed by atoms with E-state index in [-0.39, 0.29) is 18.4 Å². The second-order valence-corrected chi connectivity index (χ2v) is 11.8. The van der Waals surface area contributed by atoms with E-state index in [0.717, 1.165) is 28.8 Å². The van der Waals surface area contributed by atoms with Crippen molar-refractivity contribution in [1.82, 2.24) is 15.5 Å². The molecule has 1 aliphatic carbocycles. The molecule has 0 aromatic heterocycles. The van der Waals surface area contributed by atoms with Crippen LogP contribution in [-0.4, -0.2) is 59.3 Å². The second kappa shape index (κ2) is 12.8. The van der Waals surface area contributed by atoms with Gasteiger partial charge >= 0.3 is 12.1 Å². The van der Waals surface area contributed by atoms with Crippen LogP contribution in [0, 0.1) is 5.92 Å². The summed E-state index contributed by atoms with van der Waals surface area (Å²) in [6, 6.07) is 25.3. The van der Waals surface area contributed by atoms with Gasteiger partial charge in [-0.3, -0.25) is 9.69 Å². The van der Waals surface area contributed by atoms with Gasteiger partial charge in [-0.05, 0) is 53.0 Å². The van der Waals surface area contributed by atoms with Gasteiger partial charge in [-0.25, -0.2) is 9.59 Å². The summed E-state index contributed by atoms with van der Waals surface area (Å²) in [6.07, 6.45) is 0.287. The van der Waals surface area contributed by atoms with E-state index >= 15 is 0 Å². The van der Waals surface area contributed by atoms with Crippen molar-refractivity contribution in [2.24, 2.45) is 5.92 Å². The average molecular weight is 570 g/mol. The molecule has 8 heteroatoms. The number of fused-ring (bicyclic) bond motifs is 3. The van der Waals surface area contributed by atoms with Gasteiger partial charge in [0.15, 0.2) is 0 Å². The number of aliphatic carboxylic acids is 1. The number of carboxylic acid groups (broad SMARTS) is 1. The van der Waals surface area contributed by atoms with Crippen molar-refractivity contribution < 1.29 is 24.2 Å². The van der Waals surface area contributed by atoms with E-state index in [4.69, 9.17) is 4.74 Å². The molecule has 1 heterocycles. The highest BCUT2D eigenvalue weighted by molar-refractivity contribution is 5.93. The lowest BCUT2D eigenvalue weighted by Gasteiger charge is -2.41. The number of carbonyl (C=O) groups is 3. The van der Waals surface area contributed by atoms with Gasteiger partial charge < -0.3 is 20.5 Å². The third-order valence-electron chi connectivity index (χ3n) is 8.39. The molecule has 0 spiro atoms. The Balaban J connectivity index is 1.30. The van der Waals surface area contributed by atoms with Crippen LogP contribution in [0.3, 0.4) is 0 Å². The van der Waals surface area contributed by atoms with Gasteiger partial charge in [0.25, 0.3) is 0 Å². The van der Waals surface area contributed by atoms with Crippen molar-refractivity contribution in [2.45, 2.75) is 57.2 Å². The highest BCUT2D eigenvalue weighted by Crippen LogP contribution is 2.44. The smallest absolute Gasteiger partial charge is 0.408 e. The molecule has 0 unspecified atom stereocenters. The van der Waals surface area contributed by atoms with Gasteiger partial charge in [0.05, 0.1) is 0 Å². The molecule has 0 bridgehead atoms. The minimum Gasteiger partial charge on any atom is -0.480 e. The average Bonchev–Trinajstić information content (AvgIpc) is 3.30. The van der Waals surface area contributed by atoms with E-state index in [9.17, 15) is 19.5 Å². The van der Waals surface area contributed by atoms with Crippen LogP contribution in [0.25, 0.3) is 11.1 Å². The zero-order valence-electron chi connectivity index (χ0n) is 24.2. The van der Waals surface area contributed by atoms with Crippen LogP contribution in [0.1, 0.15) is 55.7 Å². The summed E-state index contributed by atoms with van der Waals surface area (Å²) in [5.74, 6) is -1.61. The number of nitrogens with zero attached hydrogens (tertiary/aromatic N) is 1. The van der Waals surface area contributed by atoms with Gasteiger partial charge in [0.2, 0.25) is 5.91 Å². The fourth-order valence-corrected chi connectivity index (χ4v) is 6.16. The lowest BCUT2D eigenvalue weighted by molar-refractivity contribution is -0.144. The number of nitrogens with one attached hydrogen (secondary N) is 2. The number of ether oxygens (including phenoxy) is 1. The maximum atomic E-state index is 13.7. The van der Waals surface area contributed by atoms with Gasteiger partial charge in [0.1, 0.15) is 18.2 Å². The molecule has 1 aliphatic heterocycles. The Morgan fingerprint density at radius 1 is 0.905 bits per heavy atom. The van der Waals surface area contributed by atoms with Crippen molar-refractivity contribution in [3.05, 3.63) is 95.6 Å². The first kappa shape index (κ1) is 29.3. The van der Waals surface area contributed by atoms with Gasteiger partial charge in [-0.15, -0.1) is 0 Å². The number of alkyl carbamates (subject to hydrolysis) is 1. The first-order valence-electron chi connectivity index (χ1n) is 14.7. The molecule has 1 saturated heterocycles. The van der Waals surface area contributed by atoms with E-state index in [1.165, 1.54) is 5.56 Å². The lowest BCUT2D eigenvalue weighted by atomic mass is 9.85. The molecule has 0 radical (unpaired) electrons. The Hall–Kier alpha value is -4.17. The molecule has 42 heavy (non-hydrogen) atoms. The third kappa shape index (κ3) is 6.49. The molecule has 1 atom stereocenters. The van der Waals surface area contributed by atoms with Crippen LogP contribution in [-0.2, 0) is 20.9 Å². The predicted molar refractivity (Wildman–Crippen MR) is 161 cm³/mol. The summed E-state index contributed by atoms with van der Waals surface area (Å²) in [7, 11) is 0. The number of piperidine rings is 1. The Kier molecular flexibility index (Phi) is 8.92. The second-order valence-electron chi connectivity index (χ2n) is 11.8. The van der Waals surface area contributed by atoms with Crippen molar-refractivity contribution >= 4 is 18.0 Å². The number of benzene rings is 3. The number of likely N-dealkylation sites (tertiary alicyclic amines) is 1. The topological polar surface area (TPSA) is 108 Å². The number of carboxylic acids is 1. The molecule has 1 fully saturated rings. The summed E-state index contributed by atoms with van der Waals surface area (Å²) in [5.41, 5.74) is 4.36. The third-order valence-corrected chi connectivity index (χ3v) is 8.39. The van der Waals surface area contributed by atoms with Crippen LogP contribution in [0.4, 0.5) is 4.79 Å².